The smallest absolute Gasteiger partial charge is 0.356 e. The standard InChI is InChI=1S/C11H12ClN5O3/c1-6-7(12)3-14-17(6)5-9(18)15-8-4-13-16(2)10(8)11(19)20/h3-4H,5H2,1-2H3,(H,15,18)(H,19,20). The highest BCUT2D eigenvalue weighted by molar-refractivity contribution is 6.31. The number of carbonyl (C=O) groups is 2. The van der Waals surface area contributed by atoms with Crippen LogP contribution in [0.3, 0.4) is 0 Å². The number of carboxylic acids is 1. The zero-order chi connectivity index (χ0) is 14.9. The van der Waals surface area contributed by atoms with Crippen LogP contribution in [0, 0.1) is 6.92 Å². The van der Waals surface area contributed by atoms with Crippen LogP contribution in [0.15, 0.2) is 12.4 Å². The van der Waals surface area contributed by atoms with Gasteiger partial charge in [0.1, 0.15) is 6.54 Å². The van der Waals surface area contributed by atoms with Crippen LogP contribution in [0.2, 0.25) is 5.02 Å². The minimum Gasteiger partial charge on any atom is -0.476 e. The molecule has 0 bridgehead atoms. The second-order valence-electron chi connectivity index (χ2n) is 4.12. The first-order valence-corrected chi connectivity index (χ1v) is 6.01. The first-order valence-electron chi connectivity index (χ1n) is 5.63. The van der Waals surface area contributed by atoms with E-state index in [1.54, 1.807) is 6.92 Å². The van der Waals surface area contributed by atoms with Gasteiger partial charge < -0.3 is 10.4 Å². The highest BCUT2D eigenvalue weighted by atomic mass is 35.5. The van der Waals surface area contributed by atoms with Gasteiger partial charge in [-0.15, -0.1) is 0 Å². The summed E-state index contributed by atoms with van der Waals surface area (Å²) in [6, 6.07) is 0. The summed E-state index contributed by atoms with van der Waals surface area (Å²) in [6.07, 6.45) is 2.72. The Bertz CT molecular complexity index is 676. The maximum atomic E-state index is 11.9. The van der Waals surface area contributed by atoms with Crippen LogP contribution in [-0.4, -0.2) is 36.5 Å². The molecule has 20 heavy (non-hydrogen) atoms. The summed E-state index contributed by atoms with van der Waals surface area (Å²) in [6.45, 7) is 1.67. The molecule has 0 radical (unpaired) electrons. The van der Waals surface area contributed by atoms with Crippen molar-refractivity contribution in [2.45, 2.75) is 13.5 Å². The van der Waals surface area contributed by atoms with Crippen molar-refractivity contribution in [3.63, 3.8) is 0 Å². The third-order valence-corrected chi connectivity index (χ3v) is 3.12. The van der Waals surface area contributed by atoms with E-state index < -0.39 is 11.9 Å². The van der Waals surface area contributed by atoms with E-state index in [0.717, 1.165) is 0 Å². The third kappa shape index (κ3) is 2.64. The molecule has 2 rings (SSSR count). The molecule has 0 saturated heterocycles. The van der Waals surface area contributed by atoms with Crippen LogP contribution in [0.5, 0.6) is 0 Å². The maximum Gasteiger partial charge on any atom is 0.356 e. The Morgan fingerprint density at radius 1 is 1.40 bits per heavy atom. The highest BCUT2D eigenvalue weighted by Gasteiger charge is 2.18. The van der Waals surface area contributed by atoms with Crippen LogP contribution in [-0.2, 0) is 18.4 Å². The van der Waals surface area contributed by atoms with Crippen LogP contribution < -0.4 is 5.32 Å². The molecule has 0 aromatic carbocycles. The Kier molecular flexibility index (Phi) is 3.75. The second kappa shape index (κ2) is 5.33. The molecule has 2 N–H and O–H groups in total. The van der Waals surface area contributed by atoms with E-state index in [9.17, 15) is 9.59 Å². The second-order valence-corrected chi connectivity index (χ2v) is 4.53. The third-order valence-electron chi connectivity index (χ3n) is 2.75. The topological polar surface area (TPSA) is 102 Å². The van der Waals surface area contributed by atoms with Crippen molar-refractivity contribution in [2.75, 3.05) is 5.32 Å². The molecule has 0 saturated carbocycles. The predicted octanol–water partition coefficient (Wildman–Crippen LogP) is 0.915. The molecule has 9 heteroatoms. The number of halogens is 1. The highest BCUT2D eigenvalue weighted by Crippen LogP contribution is 2.15. The molecule has 0 aliphatic carbocycles. The van der Waals surface area contributed by atoms with Gasteiger partial charge in [0.05, 0.1) is 28.8 Å². The van der Waals surface area contributed by atoms with Crippen molar-refractivity contribution in [3.05, 3.63) is 28.8 Å². The summed E-state index contributed by atoms with van der Waals surface area (Å²) in [5, 5.41) is 19.7. The number of carbonyl (C=O) groups excluding carboxylic acids is 1. The van der Waals surface area contributed by atoms with Gasteiger partial charge in [0.25, 0.3) is 0 Å². The molecule has 0 unspecified atom stereocenters. The van der Waals surface area contributed by atoms with Gasteiger partial charge in [0.15, 0.2) is 5.69 Å². The molecule has 106 valence electrons. The number of anilines is 1. The fourth-order valence-electron chi connectivity index (χ4n) is 1.69. The van der Waals surface area contributed by atoms with E-state index in [-0.39, 0.29) is 17.9 Å². The quantitative estimate of drug-likeness (QED) is 0.873. The van der Waals surface area contributed by atoms with Gasteiger partial charge in [-0.25, -0.2) is 4.79 Å². The number of rotatable bonds is 4. The first kappa shape index (κ1) is 14.1. The van der Waals surface area contributed by atoms with Gasteiger partial charge in [-0.05, 0) is 6.92 Å². The number of aromatic carboxylic acids is 1. The minimum absolute atomic E-state index is 0.0630. The van der Waals surface area contributed by atoms with Crippen molar-refractivity contribution in [1.82, 2.24) is 19.6 Å². The molecule has 0 atom stereocenters. The lowest BCUT2D eigenvalue weighted by Crippen LogP contribution is -2.21. The number of nitrogens with zero attached hydrogens (tertiary/aromatic N) is 4. The molecule has 2 aromatic rings. The molecular formula is C11H12ClN5O3. The van der Waals surface area contributed by atoms with Crippen molar-refractivity contribution in [3.8, 4) is 0 Å². The fraction of sp³-hybridized carbons (Fsp3) is 0.273. The van der Waals surface area contributed by atoms with Gasteiger partial charge in [0.2, 0.25) is 5.91 Å². The normalized spacial score (nSPS) is 10.6. The van der Waals surface area contributed by atoms with Gasteiger partial charge in [-0.1, -0.05) is 11.6 Å². The average molecular weight is 298 g/mol. The lowest BCUT2D eigenvalue weighted by molar-refractivity contribution is -0.116. The van der Waals surface area contributed by atoms with Gasteiger partial charge in [-0.3, -0.25) is 14.2 Å². The summed E-state index contributed by atoms with van der Waals surface area (Å²) in [5.41, 5.74) is 0.709. The molecular weight excluding hydrogens is 286 g/mol. The van der Waals surface area contributed by atoms with Crippen LogP contribution in [0.25, 0.3) is 0 Å². The van der Waals surface area contributed by atoms with E-state index >= 15 is 0 Å². The summed E-state index contributed by atoms with van der Waals surface area (Å²) in [4.78, 5) is 22.9. The molecule has 0 aliphatic rings. The lowest BCUT2D eigenvalue weighted by atomic mass is 10.3. The Labute approximate surface area is 118 Å². The number of hydrogen-bond donors (Lipinski definition) is 2. The number of nitrogens with one attached hydrogen (secondary N) is 1. The minimum atomic E-state index is -1.17. The zero-order valence-corrected chi connectivity index (χ0v) is 11.5. The lowest BCUT2D eigenvalue weighted by Gasteiger charge is -2.06. The molecule has 0 spiro atoms. The van der Waals surface area contributed by atoms with E-state index in [1.165, 1.54) is 28.8 Å². The number of hydrogen-bond acceptors (Lipinski definition) is 4. The van der Waals surface area contributed by atoms with Crippen LogP contribution >= 0.6 is 11.6 Å². The van der Waals surface area contributed by atoms with Gasteiger partial charge >= 0.3 is 5.97 Å². The molecule has 2 heterocycles. The van der Waals surface area contributed by atoms with E-state index in [0.29, 0.717) is 10.7 Å². The predicted molar refractivity (Wildman–Crippen MR) is 70.8 cm³/mol. The summed E-state index contributed by atoms with van der Waals surface area (Å²) < 4.78 is 2.60. The molecule has 0 aliphatic heterocycles. The molecule has 2 aromatic heterocycles. The first-order chi connectivity index (χ1) is 9.40. The van der Waals surface area contributed by atoms with Crippen molar-refractivity contribution < 1.29 is 14.7 Å². The van der Waals surface area contributed by atoms with Crippen molar-refractivity contribution in [1.29, 1.82) is 0 Å². The Hall–Kier alpha value is -2.35. The number of aryl methyl sites for hydroxylation is 1. The molecule has 8 nitrogen and oxygen atoms in total. The monoisotopic (exact) mass is 297 g/mol. The van der Waals surface area contributed by atoms with Crippen LogP contribution in [0.1, 0.15) is 16.2 Å². The van der Waals surface area contributed by atoms with Crippen molar-refractivity contribution >= 4 is 29.2 Å². The largest absolute Gasteiger partial charge is 0.476 e. The number of aromatic nitrogens is 4. The summed E-state index contributed by atoms with van der Waals surface area (Å²) in [7, 11) is 1.48. The SMILES string of the molecule is Cc1c(Cl)cnn1CC(=O)Nc1cnn(C)c1C(=O)O. The van der Waals surface area contributed by atoms with E-state index in [2.05, 4.69) is 15.5 Å². The maximum absolute atomic E-state index is 11.9. The van der Waals surface area contributed by atoms with E-state index in [1.807, 2.05) is 0 Å². The van der Waals surface area contributed by atoms with Crippen molar-refractivity contribution in [2.24, 2.45) is 7.05 Å². The molecule has 1 amide bonds. The Morgan fingerprint density at radius 3 is 2.65 bits per heavy atom. The number of carboxylic acid groups (broad SMARTS) is 1. The Morgan fingerprint density at radius 2 is 2.10 bits per heavy atom. The van der Waals surface area contributed by atoms with Gasteiger partial charge in [0, 0.05) is 7.05 Å². The van der Waals surface area contributed by atoms with Gasteiger partial charge in [-0.2, -0.15) is 10.2 Å². The zero-order valence-electron chi connectivity index (χ0n) is 10.8. The number of amides is 1. The van der Waals surface area contributed by atoms with Crippen LogP contribution in [0.4, 0.5) is 5.69 Å². The van der Waals surface area contributed by atoms with E-state index in [4.69, 9.17) is 16.7 Å². The fourth-order valence-corrected chi connectivity index (χ4v) is 1.83. The molecule has 0 fully saturated rings. The average Bonchev–Trinajstić information content (AvgIpc) is 2.87. The summed E-state index contributed by atoms with van der Waals surface area (Å²) >= 11 is 5.84. The summed E-state index contributed by atoms with van der Waals surface area (Å²) in [5.74, 6) is -1.58. The Balaban J connectivity index is 2.13.